The topological polar surface area (TPSA) is 21.3 Å². The van der Waals surface area contributed by atoms with E-state index < -0.39 is 0 Å². The summed E-state index contributed by atoms with van der Waals surface area (Å²) in [7, 11) is 1.64. The van der Waals surface area contributed by atoms with Crippen molar-refractivity contribution in [2.45, 2.75) is 12.8 Å². The van der Waals surface area contributed by atoms with E-state index in [0.717, 1.165) is 0 Å². The van der Waals surface area contributed by atoms with E-state index >= 15 is 0 Å². The third-order valence-corrected chi connectivity index (χ3v) is 1.24. The highest BCUT2D eigenvalue weighted by Gasteiger charge is 1.93. The van der Waals surface area contributed by atoms with Gasteiger partial charge in [-0.25, -0.2) is 0 Å². The molecule has 0 unspecified atom stereocenters. The maximum absolute atomic E-state index is 4.57. The minimum Gasteiger partial charge on any atom is -0.381 e. The molecule has 1 N–H and O–H groups in total. The average Bonchev–Trinajstić information content (AvgIpc) is 2.44. The minimum atomic E-state index is 0.653. The monoisotopic (exact) mass is 143 g/mol. The lowest BCUT2D eigenvalue weighted by Gasteiger charge is -1.79. The van der Waals surface area contributed by atoms with Crippen LogP contribution < -0.4 is 5.32 Å². The second-order valence-electron chi connectivity index (χ2n) is 2.20. The molecule has 0 spiro atoms. The molecule has 60 valence electrons. The molecule has 0 saturated carbocycles. The van der Waals surface area contributed by atoms with Gasteiger partial charge in [-0.2, -0.15) is 0 Å². The van der Waals surface area contributed by atoms with Gasteiger partial charge in [-0.1, -0.05) is 6.08 Å². The Bertz CT molecular complexity index is 62.0. The SMILES string of the molecule is C1CCNC1.C=CCOC. The average molecular weight is 143 g/mol. The summed E-state index contributed by atoms with van der Waals surface area (Å²) < 4.78 is 4.57. The van der Waals surface area contributed by atoms with Crippen LogP contribution in [0, 0.1) is 0 Å². The molecular weight excluding hydrogens is 126 g/mol. The molecule has 1 aliphatic rings. The Kier molecular flexibility index (Phi) is 8.37. The van der Waals surface area contributed by atoms with Crippen molar-refractivity contribution in [1.29, 1.82) is 0 Å². The van der Waals surface area contributed by atoms with E-state index in [9.17, 15) is 0 Å². The van der Waals surface area contributed by atoms with E-state index in [0.29, 0.717) is 6.61 Å². The molecule has 1 saturated heterocycles. The summed E-state index contributed by atoms with van der Waals surface area (Å²) >= 11 is 0. The summed E-state index contributed by atoms with van der Waals surface area (Å²) in [6.45, 7) is 6.58. The van der Waals surface area contributed by atoms with Crippen LogP contribution in [0.25, 0.3) is 0 Å². The number of ether oxygens (including phenoxy) is 1. The lowest BCUT2D eigenvalue weighted by atomic mass is 10.4. The molecule has 0 bridgehead atoms. The Morgan fingerprint density at radius 2 is 2.10 bits per heavy atom. The lowest BCUT2D eigenvalue weighted by Crippen LogP contribution is -2.03. The molecule has 0 aromatic heterocycles. The first-order chi connectivity index (χ1) is 4.91. The van der Waals surface area contributed by atoms with E-state index in [1.54, 1.807) is 13.2 Å². The smallest absolute Gasteiger partial charge is 0.0641 e. The Balaban J connectivity index is 0.000000162. The first-order valence-electron chi connectivity index (χ1n) is 3.72. The molecule has 2 heteroatoms. The lowest BCUT2D eigenvalue weighted by molar-refractivity contribution is 0.234. The van der Waals surface area contributed by atoms with Crippen LogP contribution in [0.2, 0.25) is 0 Å². The van der Waals surface area contributed by atoms with E-state index in [1.807, 2.05) is 0 Å². The zero-order valence-electron chi connectivity index (χ0n) is 6.73. The summed E-state index contributed by atoms with van der Waals surface area (Å²) in [5, 5.41) is 3.22. The van der Waals surface area contributed by atoms with E-state index in [-0.39, 0.29) is 0 Å². The molecule has 1 aliphatic heterocycles. The van der Waals surface area contributed by atoms with Gasteiger partial charge in [0.05, 0.1) is 6.61 Å². The summed E-state index contributed by atoms with van der Waals surface area (Å²) in [4.78, 5) is 0. The molecular formula is C8H17NO. The third kappa shape index (κ3) is 7.66. The normalized spacial score (nSPS) is 15.7. The number of hydrogen-bond acceptors (Lipinski definition) is 2. The number of methoxy groups -OCH3 is 1. The van der Waals surface area contributed by atoms with Crippen LogP contribution in [-0.4, -0.2) is 26.8 Å². The van der Waals surface area contributed by atoms with Gasteiger partial charge in [-0.3, -0.25) is 0 Å². The molecule has 0 aromatic carbocycles. The summed E-state index contributed by atoms with van der Waals surface area (Å²) in [6.07, 6.45) is 4.49. The van der Waals surface area contributed by atoms with Crippen LogP contribution in [0.1, 0.15) is 12.8 Å². The van der Waals surface area contributed by atoms with E-state index in [1.165, 1.54) is 25.9 Å². The van der Waals surface area contributed by atoms with Crippen molar-refractivity contribution >= 4 is 0 Å². The molecule has 0 radical (unpaired) electrons. The van der Waals surface area contributed by atoms with Gasteiger partial charge in [0.2, 0.25) is 0 Å². The second-order valence-corrected chi connectivity index (χ2v) is 2.20. The summed E-state index contributed by atoms with van der Waals surface area (Å²) in [6, 6.07) is 0. The molecule has 0 aliphatic carbocycles. The second kappa shape index (κ2) is 8.66. The van der Waals surface area contributed by atoms with Gasteiger partial charge < -0.3 is 10.1 Å². The van der Waals surface area contributed by atoms with Crippen LogP contribution in [0.5, 0.6) is 0 Å². The fourth-order valence-electron chi connectivity index (χ4n) is 0.743. The molecule has 2 nitrogen and oxygen atoms in total. The highest BCUT2D eigenvalue weighted by atomic mass is 16.5. The fourth-order valence-corrected chi connectivity index (χ4v) is 0.743. The zero-order valence-corrected chi connectivity index (χ0v) is 6.73. The molecule has 1 heterocycles. The van der Waals surface area contributed by atoms with E-state index in [2.05, 4.69) is 16.6 Å². The van der Waals surface area contributed by atoms with Crippen molar-refractivity contribution < 1.29 is 4.74 Å². The van der Waals surface area contributed by atoms with Gasteiger partial charge in [-0.15, -0.1) is 6.58 Å². The van der Waals surface area contributed by atoms with Crippen LogP contribution in [0.3, 0.4) is 0 Å². The first-order valence-corrected chi connectivity index (χ1v) is 3.72. The van der Waals surface area contributed by atoms with Crippen molar-refractivity contribution in [3.05, 3.63) is 12.7 Å². The Hall–Kier alpha value is -0.340. The van der Waals surface area contributed by atoms with Gasteiger partial charge in [0.15, 0.2) is 0 Å². The maximum Gasteiger partial charge on any atom is 0.0641 e. The maximum atomic E-state index is 4.57. The molecule has 0 amide bonds. The van der Waals surface area contributed by atoms with Crippen molar-refractivity contribution in [3.8, 4) is 0 Å². The Morgan fingerprint density at radius 3 is 2.20 bits per heavy atom. The van der Waals surface area contributed by atoms with Crippen LogP contribution in [0.15, 0.2) is 12.7 Å². The highest BCUT2D eigenvalue weighted by molar-refractivity contribution is 4.62. The van der Waals surface area contributed by atoms with E-state index in [4.69, 9.17) is 0 Å². The van der Waals surface area contributed by atoms with Gasteiger partial charge in [0, 0.05) is 7.11 Å². The standard InChI is InChI=1S/C4H9N.C4H8O/c1-2-4-5-3-1;1-3-4-5-2/h5H,1-4H2;3H,1,4H2,2H3. The Morgan fingerprint density at radius 1 is 1.50 bits per heavy atom. The van der Waals surface area contributed by atoms with Crippen molar-refractivity contribution in [1.82, 2.24) is 5.32 Å². The molecule has 0 aromatic rings. The van der Waals surface area contributed by atoms with Crippen LogP contribution >= 0.6 is 0 Å². The molecule has 0 atom stereocenters. The van der Waals surface area contributed by atoms with Gasteiger partial charge >= 0.3 is 0 Å². The molecule has 1 rings (SSSR count). The van der Waals surface area contributed by atoms with Crippen LogP contribution in [0.4, 0.5) is 0 Å². The number of hydrogen-bond donors (Lipinski definition) is 1. The molecule has 1 fully saturated rings. The molecule has 10 heavy (non-hydrogen) atoms. The predicted octanol–water partition coefficient (Wildman–Crippen LogP) is 1.19. The predicted molar refractivity (Wildman–Crippen MR) is 44.2 cm³/mol. The van der Waals surface area contributed by atoms with Gasteiger partial charge in [-0.05, 0) is 25.9 Å². The highest BCUT2D eigenvalue weighted by Crippen LogP contribution is 1.90. The minimum absolute atomic E-state index is 0.653. The van der Waals surface area contributed by atoms with Crippen LogP contribution in [-0.2, 0) is 4.74 Å². The van der Waals surface area contributed by atoms with Gasteiger partial charge in [0.25, 0.3) is 0 Å². The van der Waals surface area contributed by atoms with Crippen molar-refractivity contribution in [3.63, 3.8) is 0 Å². The summed E-state index contributed by atoms with van der Waals surface area (Å²) in [5.74, 6) is 0. The quantitative estimate of drug-likeness (QED) is 0.586. The fraction of sp³-hybridized carbons (Fsp3) is 0.750. The third-order valence-electron chi connectivity index (χ3n) is 1.24. The van der Waals surface area contributed by atoms with Gasteiger partial charge in [0.1, 0.15) is 0 Å². The number of nitrogens with one attached hydrogen (secondary N) is 1. The number of rotatable bonds is 2. The van der Waals surface area contributed by atoms with Crippen molar-refractivity contribution in [2.24, 2.45) is 0 Å². The van der Waals surface area contributed by atoms with Crippen molar-refractivity contribution in [2.75, 3.05) is 26.8 Å². The zero-order chi connectivity index (χ0) is 7.66. The Labute approximate surface area is 63.3 Å². The largest absolute Gasteiger partial charge is 0.381 e. The summed E-state index contributed by atoms with van der Waals surface area (Å²) in [5.41, 5.74) is 0. The first kappa shape index (κ1) is 9.66.